The van der Waals surface area contributed by atoms with Gasteiger partial charge in [-0.05, 0) is 48.5 Å². The van der Waals surface area contributed by atoms with Crippen molar-refractivity contribution >= 4 is 36.8 Å². The largest absolute Gasteiger partial charge is 0.800 e. The van der Waals surface area contributed by atoms with Gasteiger partial charge in [0.1, 0.15) is 24.7 Å². The summed E-state index contributed by atoms with van der Waals surface area (Å²) in [5.41, 5.74) is -1.02. The topological polar surface area (TPSA) is 55.8 Å². The molecule has 0 amide bonds. The standard InChI is InChI=1S/C21H19F6NO4S2.Au/c22-20(23,24)17(29)13-1-5-15(6-2-13)31-11-9-28(19(33)34)10-12-32-16-7-3-14(4-8-16)18(30)21(25,26)27;/h1-8,19,33-34H,9-12H2;/p-2. The number of carbonyl (C=O) groups excluding carboxylic acids is 2. The van der Waals surface area contributed by atoms with E-state index in [2.05, 4.69) is 0 Å². The van der Waals surface area contributed by atoms with Crippen molar-refractivity contribution in [3.05, 3.63) is 59.7 Å². The Labute approximate surface area is 223 Å². The molecule has 0 unspecified atom stereocenters. The molecule has 0 saturated heterocycles. The molecule has 0 aliphatic carbocycles. The third kappa shape index (κ3) is 10.1. The van der Waals surface area contributed by atoms with Crippen LogP contribution in [0.2, 0.25) is 0 Å². The van der Waals surface area contributed by atoms with Crippen molar-refractivity contribution < 1.29 is 67.8 Å². The Morgan fingerprint density at radius 1 is 0.714 bits per heavy atom. The summed E-state index contributed by atoms with van der Waals surface area (Å²) in [6.07, 6.45) is -9.93. The van der Waals surface area contributed by atoms with E-state index < -0.39 is 39.8 Å². The molecule has 5 nitrogen and oxygen atoms in total. The SMILES string of the molecule is O=C(c1ccc(OCCN(CCOc2ccc(C(=O)C(F)(F)F)cc2)C([S-])[S-])cc1)C(F)(F)F.[Au]. The second-order valence-corrected chi connectivity index (χ2v) is 7.93. The average Bonchev–Trinajstić information content (AvgIpc) is 2.76. The fourth-order valence-electron chi connectivity index (χ4n) is 2.62. The van der Waals surface area contributed by atoms with Crippen LogP contribution in [-0.2, 0) is 47.6 Å². The van der Waals surface area contributed by atoms with E-state index in [4.69, 9.17) is 34.7 Å². The summed E-state index contributed by atoms with van der Waals surface area (Å²) >= 11 is 10.1. The summed E-state index contributed by atoms with van der Waals surface area (Å²) in [7, 11) is 0. The molecule has 0 N–H and O–H groups in total. The van der Waals surface area contributed by atoms with Crippen LogP contribution >= 0.6 is 0 Å². The molecule has 0 fully saturated rings. The Bertz CT molecular complexity index is 894. The molecule has 0 aliphatic heterocycles. The molecule has 0 spiro atoms. The smallest absolute Gasteiger partial charge is 0.454 e. The summed E-state index contributed by atoms with van der Waals surface area (Å²) in [6, 6.07) is 8.97. The number of alkyl halides is 6. The van der Waals surface area contributed by atoms with Crippen molar-refractivity contribution in [2.24, 2.45) is 0 Å². The number of benzene rings is 2. The normalized spacial score (nSPS) is 11.8. The van der Waals surface area contributed by atoms with E-state index in [1.54, 1.807) is 4.90 Å². The zero-order valence-corrected chi connectivity index (χ0v) is 21.3. The molecule has 1 radical (unpaired) electrons. The molecule has 0 aromatic heterocycles. The van der Waals surface area contributed by atoms with E-state index in [1.165, 1.54) is 24.3 Å². The van der Waals surface area contributed by atoms with Crippen molar-refractivity contribution in [2.45, 2.75) is 17.1 Å². The van der Waals surface area contributed by atoms with Gasteiger partial charge < -0.3 is 39.6 Å². The Morgan fingerprint density at radius 2 is 1.03 bits per heavy atom. The van der Waals surface area contributed by atoms with Crippen molar-refractivity contribution in [2.75, 3.05) is 26.3 Å². The molecule has 0 saturated carbocycles. The van der Waals surface area contributed by atoms with E-state index in [0.29, 0.717) is 0 Å². The van der Waals surface area contributed by atoms with Crippen LogP contribution in [0.3, 0.4) is 0 Å². The van der Waals surface area contributed by atoms with Crippen LogP contribution in [0, 0.1) is 0 Å². The molecule has 0 bridgehead atoms. The second-order valence-electron chi connectivity index (χ2n) is 6.74. The number of nitrogens with zero attached hydrogens (tertiary/aromatic N) is 1. The third-order valence-corrected chi connectivity index (χ3v) is 4.94. The maximum absolute atomic E-state index is 12.4. The van der Waals surface area contributed by atoms with Crippen molar-refractivity contribution in [1.29, 1.82) is 0 Å². The fraction of sp³-hybridized carbons (Fsp3) is 0.333. The predicted molar refractivity (Wildman–Crippen MR) is 115 cm³/mol. The van der Waals surface area contributed by atoms with Gasteiger partial charge in [0.15, 0.2) is 0 Å². The summed E-state index contributed by atoms with van der Waals surface area (Å²) in [5.74, 6) is -3.42. The van der Waals surface area contributed by atoms with Crippen LogP contribution in [-0.4, -0.2) is 59.8 Å². The molecule has 0 atom stereocenters. The summed E-state index contributed by atoms with van der Waals surface area (Å²) < 4.78 is 84.8. The van der Waals surface area contributed by atoms with Gasteiger partial charge in [0.05, 0.1) is 0 Å². The molecular weight excluding hydrogens is 705 g/mol. The van der Waals surface area contributed by atoms with Gasteiger partial charge >= 0.3 is 12.4 Å². The van der Waals surface area contributed by atoms with Gasteiger partial charge in [-0.2, -0.15) is 26.3 Å². The monoisotopic (exact) mass is 722 g/mol. The Hall–Kier alpha value is -1.64. The van der Waals surface area contributed by atoms with Gasteiger partial charge in [0.25, 0.3) is 11.6 Å². The Morgan fingerprint density at radius 3 is 1.29 bits per heavy atom. The van der Waals surface area contributed by atoms with Crippen LogP contribution in [0.1, 0.15) is 20.7 Å². The van der Waals surface area contributed by atoms with Crippen molar-refractivity contribution in [3.8, 4) is 11.5 Å². The first-order chi connectivity index (χ1) is 15.8. The molecule has 35 heavy (non-hydrogen) atoms. The molecule has 0 aliphatic rings. The first kappa shape index (κ1) is 31.4. The minimum Gasteiger partial charge on any atom is -0.800 e. The molecular formula is C21H17AuF6NO4S2-2. The first-order valence-corrected chi connectivity index (χ1v) is 10.5. The van der Waals surface area contributed by atoms with Gasteiger partial charge in [0, 0.05) is 46.6 Å². The van der Waals surface area contributed by atoms with Crippen LogP contribution in [0.4, 0.5) is 26.3 Å². The van der Waals surface area contributed by atoms with E-state index in [0.717, 1.165) is 24.3 Å². The van der Waals surface area contributed by atoms with E-state index >= 15 is 0 Å². The molecule has 2 aromatic carbocycles. The number of ether oxygens (including phenoxy) is 2. The quantitative estimate of drug-likeness (QED) is 0.149. The van der Waals surface area contributed by atoms with Gasteiger partial charge in [0.2, 0.25) is 0 Å². The average molecular weight is 722 g/mol. The Kier molecular flexibility index (Phi) is 12.2. The van der Waals surface area contributed by atoms with Gasteiger partial charge in [-0.25, -0.2) is 4.71 Å². The van der Waals surface area contributed by atoms with E-state index in [1.807, 2.05) is 0 Å². The summed E-state index contributed by atoms with van der Waals surface area (Å²) in [5, 5.41) is 0. The number of ketones is 2. The van der Waals surface area contributed by atoms with Crippen molar-refractivity contribution in [1.82, 2.24) is 4.90 Å². The fourth-order valence-corrected chi connectivity index (χ4v) is 3.04. The molecule has 2 aromatic rings. The van der Waals surface area contributed by atoms with E-state index in [9.17, 15) is 35.9 Å². The minimum absolute atomic E-state index is 0. The summed E-state index contributed by atoms with van der Waals surface area (Å²) in [6.45, 7) is 0.682. The zero-order valence-electron chi connectivity index (χ0n) is 17.5. The number of halogens is 6. The van der Waals surface area contributed by atoms with Crippen LogP contribution in [0.5, 0.6) is 11.5 Å². The second kappa shape index (κ2) is 13.6. The van der Waals surface area contributed by atoms with Gasteiger partial charge in [-0.3, -0.25) is 9.59 Å². The van der Waals surface area contributed by atoms with E-state index in [-0.39, 0.29) is 60.2 Å². The van der Waals surface area contributed by atoms with Crippen molar-refractivity contribution in [3.63, 3.8) is 0 Å². The number of rotatable bonds is 11. The minimum atomic E-state index is -4.96. The number of hydrogen-bond donors (Lipinski definition) is 0. The van der Waals surface area contributed by atoms with Crippen LogP contribution < -0.4 is 9.47 Å². The van der Waals surface area contributed by atoms with Crippen LogP contribution in [0.25, 0.3) is 0 Å². The maximum Gasteiger partial charge on any atom is 0.454 e. The zero-order chi connectivity index (χ0) is 25.5. The van der Waals surface area contributed by atoms with Gasteiger partial charge in [-0.1, -0.05) is 0 Å². The first-order valence-electron chi connectivity index (χ1n) is 9.53. The van der Waals surface area contributed by atoms with Crippen LogP contribution in [0.15, 0.2) is 48.5 Å². The molecule has 197 valence electrons. The maximum atomic E-state index is 12.4. The van der Waals surface area contributed by atoms with Gasteiger partial charge in [-0.15, -0.1) is 0 Å². The third-order valence-electron chi connectivity index (χ3n) is 4.34. The molecule has 2 rings (SSSR count). The summed E-state index contributed by atoms with van der Waals surface area (Å²) in [4.78, 5) is 24.0. The number of Topliss-reactive ketones (excluding diaryl/α,β-unsaturated/α-hetero) is 2. The predicted octanol–water partition coefficient (Wildman–Crippen LogP) is 4.31. The number of hydrogen-bond acceptors (Lipinski definition) is 7. The molecule has 0 heterocycles. The molecule has 14 heteroatoms. The number of carbonyl (C=O) groups is 2. The Balaban J connectivity index is 0.00000612.